The van der Waals surface area contributed by atoms with E-state index >= 15 is 0 Å². The molecule has 5 rings (SSSR count). The van der Waals surface area contributed by atoms with E-state index in [2.05, 4.69) is 20.4 Å². The molecule has 4 aromatic rings. The van der Waals surface area contributed by atoms with Crippen molar-refractivity contribution in [2.24, 2.45) is 0 Å². The number of hydrogen-bond donors (Lipinski definition) is 0. The zero-order chi connectivity index (χ0) is 17.5. The van der Waals surface area contributed by atoms with Gasteiger partial charge in [0.2, 0.25) is 0 Å². The van der Waals surface area contributed by atoms with Gasteiger partial charge in [-0.2, -0.15) is 0 Å². The maximum Gasteiger partial charge on any atom is 0.165 e. The SMILES string of the molecule is Clc1cnc2c(c1)nc(CCCN1CCCC1)c1nc3ccccc3n12. The van der Waals surface area contributed by atoms with Crippen LogP contribution in [0, 0.1) is 0 Å². The van der Waals surface area contributed by atoms with Crippen LogP contribution in [0.4, 0.5) is 0 Å². The summed E-state index contributed by atoms with van der Waals surface area (Å²) >= 11 is 6.17. The van der Waals surface area contributed by atoms with Gasteiger partial charge in [-0.25, -0.2) is 15.0 Å². The molecule has 1 saturated heterocycles. The van der Waals surface area contributed by atoms with Crippen LogP contribution >= 0.6 is 11.6 Å². The zero-order valence-corrected chi connectivity index (χ0v) is 15.3. The van der Waals surface area contributed by atoms with Gasteiger partial charge in [-0.05, 0) is 63.5 Å². The van der Waals surface area contributed by atoms with Gasteiger partial charge in [0.1, 0.15) is 5.52 Å². The normalized spacial score (nSPS) is 15.6. The molecule has 0 amide bonds. The van der Waals surface area contributed by atoms with Crippen LogP contribution in [0.15, 0.2) is 36.5 Å². The Bertz CT molecular complexity index is 1100. The van der Waals surface area contributed by atoms with Gasteiger partial charge in [0.15, 0.2) is 11.3 Å². The highest BCUT2D eigenvalue weighted by Crippen LogP contribution is 2.25. The molecular weight excluding hydrogens is 346 g/mol. The summed E-state index contributed by atoms with van der Waals surface area (Å²) < 4.78 is 2.12. The Morgan fingerprint density at radius 2 is 1.85 bits per heavy atom. The van der Waals surface area contributed by atoms with Gasteiger partial charge in [0, 0.05) is 6.20 Å². The van der Waals surface area contributed by atoms with Crippen molar-refractivity contribution in [2.75, 3.05) is 19.6 Å². The minimum Gasteiger partial charge on any atom is -0.303 e. The molecule has 26 heavy (non-hydrogen) atoms. The van der Waals surface area contributed by atoms with Crippen molar-refractivity contribution in [3.05, 3.63) is 47.2 Å². The lowest BCUT2D eigenvalue weighted by molar-refractivity contribution is 0.333. The highest BCUT2D eigenvalue weighted by Gasteiger charge is 2.16. The summed E-state index contributed by atoms with van der Waals surface area (Å²) in [5.74, 6) is 0. The Balaban J connectivity index is 1.63. The quantitative estimate of drug-likeness (QED) is 0.546. The standard InChI is InChI=1S/C20H20ClN5/c21-14-12-17-19(22-13-14)26-18-8-2-1-6-15(18)24-20(26)16(23-17)7-5-11-25-9-3-4-10-25/h1-2,6,8,12-13H,3-5,7,9-11H2. The van der Waals surface area contributed by atoms with E-state index in [-0.39, 0.29) is 0 Å². The summed E-state index contributed by atoms with van der Waals surface area (Å²) in [6.45, 7) is 3.58. The summed E-state index contributed by atoms with van der Waals surface area (Å²) in [6.07, 6.45) is 6.33. The molecule has 0 bridgehead atoms. The second kappa shape index (κ2) is 6.49. The third kappa shape index (κ3) is 2.72. The first-order valence-electron chi connectivity index (χ1n) is 9.23. The van der Waals surface area contributed by atoms with E-state index in [4.69, 9.17) is 21.6 Å². The van der Waals surface area contributed by atoms with E-state index in [0.29, 0.717) is 5.02 Å². The molecule has 0 aliphatic carbocycles. The summed E-state index contributed by atoms with van der Waals surface area (Å²) in [7, 11) is 0. The number of pyridine rings is 1. The fourth-order valence-corrected chi connectivity index (χ4v) is 4.10. The Kier molecular flexibility index (Phi) is 3.98. The van der Waals surface area contributed by atoms with Gasteiger partial charge < -0.3 is 4.90 Å². The number of halogens is 1. The molecule has 1 aromatic carbocycles. The van der Waals surface area contributed by atoms with Crippen LogP contribution in [-0.4, -0.2) is 43.9 Å². The molecule has 0 atom stereocenters. The highest BCUT2D eigenvalue weighted by atomic mass is 35.5. The molecular formula is C20H20ClN5. The molecule has 1 aliphatic rings. The Labute approximate surface area is 156 Å². The van der Waals surface area contributed by atoms with E-state index < -0.39 is 0 Å². The van der Waals surface area contributed by atoms with E-state index in [1.54, 1.807) is 6.20 Å². The summed E-state index contributed by atoms with van der Waals surface area (Å²) in [5.41, 5.74) is 5.60. The fraction of sp³-hybridized carbons (Fsp3) is 0.350. The van der Waals surface area contributed by atoms with Gasteiger partial charge in [-0.3, -0.25) is 4.40 Å². The van der Waals surface area contributed by atoms with E-state index in [0.717, 1.165) is 52.9 Å². The number of imidazole rings is 1. The molecule has 3 aromatic heterocycles. The number of fused-ring (bicyclic) bond motifs is 5. The largest absolute Gasteiger partial charge is 0.303 e. The van der Waals surface area contributed by atoms with Gasteiger partial charge in [-0.1, -0.05) is 23.7 Å². The van der Waals surface area contributed by atoms with Crippen molar-refractivity contribution in [3.8, 4) is 0 Å². The number of benzene rings is 1. The molecule has 1 aliphatic heterocycles. The number of aryl methyl sites for hydroxylation is 1. The van der Waals surface area contributed by atoms with Crippen molar-refractivity contribution >= 4 is 39.4 Å². The highest BCUT2D eigenvalue weighted by molar-refractivity contribution is 6.31. The lowest BCUT2D eigenvalue weighted by atomic mass is 10.2. The van der Waals surface area contributed by atoms with Crippen LogP contribution < -0.4 is 0 Å². The summed E-state index contributed by atoms with van der Waals surface area (Å²) in [6, 6.07) is 10.1. The second-order valence-corrected chi connectivity index (χ2v) is 7.40. The molecule has 132 valence electrons. The lowest BCUT2D eigenvalue weighted by Gasteiger charge is -2.14. The van der Waals surface area contributed by atoms with Crippen LogP contribution in [0.3, 0.4) is 0 Å². The summed E-state index contributed by atoms with van der Waals surface area (Å²) in [5, 5.41) is 0.608. The molecule has 5 nitrogen and oxygen atoms in total. The number of para-hydroxylation sites is 2. The Hall–Kier alpha value is -2.24. The van der Waals surface area contributed by atoms with Crippen LogP contribution in [0.5, 0.6) is 0 Å². The second-order valence-electron chi connectivity index (χ2n) is 6.97. The minimum absolute atomic E-state index is 0.608. The van der Waals surface area contributed by atoms with Crippen molar-refractivity contribution < 1.29 is 0 Å². The first-order chi connectivity index (χ1) is 12.8. The number of aromatic nitrogens is 4. The van der Waals surface area contributed by atoms with Gasteiger partial charge in [0.25, 0.3) is 0 Å². The molecule has 0 radical (unpaired) electrons. The third-order valence-corrected chi connectivity index (χ3v) is 5.39. The lowest BCUT2D eigenvalue weighted by Crippen LogP contribution is -2.21. The molecule has 0 spiro atoms. The predicted octanol–water partition coefficient (Wildman–Crippen LogP) is 4.11. The molecule has 0 unspecified atom stereocenters. The van der Waals surface area contributed by atoms with Crippen molar-refractivity contribution in [2.45, 2.75) is 25.7 Å². The van der Waals surface area contributed by atoms with E-state index in [1.807, 2.05) is 24.3 Å². The maximum atomic E-state index is 6.17. The van der Waals surface area contributed by atoms with Crippen molar-refractivity contribution in [3.63, 3.8) is 0 Å². The smallest absolute Gasteiger partial charge is 0.165 e. The van der Waals surface area contributed by atoms with Crippen LogP contribution in [-0.2, 0) is 6.42 Å². The average molecular weight is 366 g/mol. The topological polar surface area (TPSA) is 46.3 Å². The van der Waals surface area contributed by atoms with E-state index in [1.165, 1.54) is 25.9 Å². The zero-order valence-electron chi connectivity index (χ0n) is 14.5. The average Bonchev–Trinajstić information content (AvgIpc) is 3.29. The fourth-order valence-electron chi connectivity index (χ4n) is 3.95. The predicted molar refractivity (Wildman–Crippen MR) is 105 cm³/mol. The number of hydrogen-bond acceptors (Lipinski definition) is 4. The number of likely N-dealkylation sites (tertiary alicyclic amines) is 1. The maximum absolute atomic E-state index is 6.17. The number of nitrogens with zero attached hydrogens (tertiary/aromatic N) is 5. The Morgan fingerprint density at radius 3 is 2.73 bits per heavy atom. The molecule has 6 heteroatoms. The summed E-state index contributed by atoms with van der Waals surface area (Å²) in [4.78, 5) is 16.8. The third-order valence-electron chi connectivity index (χ3n) is 5.19. The van der Waals surface area contributed by atoms with Gasteiger partial charge in [0.05, 0.1) is 21.7 Å². The van der Waals surface area contributed by atoms with Crippen molar-refractivity contribution in [1.82, 2.24) is 24.3 Å². The molecule has 4 heterocycles. The first kappa shape index (κ1) is 16.0. The minimum atomic E-state index is 0.608. The Morgan fingerprint density at radius 1 is 1.00 bits per heavy atom. The monoisotopic (exact) mass is 365 g/mol. The van der Waals surface area contributed by atoms with Gasteiger partial charge >= 0.3 is 0 Å². The first-order valence-corrected chi connectivity index (χ1v) is 9.61. The van der Waals surface area contributed by atoms with Crippen LogP contribution in [0.1, 0.15) is 25.0 Å². The van der Waals surface area contributed by atoms with Crippen LogP contribution in [0.25, 0.3) is 27.8 Å². The van der Waals surface area contributed by atoms with E-state index in [9.17, 15) is 0 Å². The van der Waals surface area contributed by atoms with Crippen molar-refractivity contribution in [1.29, 1.82) is 0 Å². The molecule has 1 fully saturated rings. The van der Waals surface area contributed by atoms with Gasteiger partial charge in [-0.15, -0.1) is 0 Å². The number of rotatable bonds is 4. The molecule has 0 N–H and O–H groups in total. The van der Waals surface area contributed by atoms with Crippen LogP contribution in [0.2, 0.25) is 5.02 Å². The molecule has 0 saturated carbocycles.